The summed E-state index contributed by atoms with van der Waals surface area (Å²) in [6.45, 7) is 3.34. The van der Waals surface area contributed by atoms with Crippen LogP contribution in [0.2, 0.25) is 0 Å². The number of hydrogen-bond acceptors (Lipinski definition) is 5. The molecule has 3 aromatic rings. The number of benzene rings is 1. The highest BCUT2D eigenvalue weighted by Gasteiger charge is 2.55. The number of halogens is 3. The molecule has 0 radical (unpaired) electrons. The van der Waals surface area contributed by atoms with E-state index in [1.807, 2.05) is 6.07 Å². The number of aromatic amines is 1. The van der Waals surface area contributed by atoms with E-state index < -0.39 is 24.2 Å². The second-order valence-electron chi connectivity index (χ2n) is 8.64. The molecule has 4 rings (SSSR count). The Bertz CT molecular complexity index is 1280. The summed E-state index contributed by atoms with van der Waals surface area (Å²) in [6, 6.07) is 9.49. The lowest BCUT2D eigenvalue weighted by atomic mass is 9.92. The zero-order chi connectivity index (χ0) is 26.5. The van der Waals surface area contributed by atoms with Gasteiger partial charge < -0.3 is 29.8 Å². The number of alkyl halides is 3. The van der Waals surface area contributed by atoms with E-state index in [0.29, 0.717) is 22.8 Å². The molecule has 0 saturated heterocycles. The Morgan fingerprint density at radius 1 is 1.14 bits per heavy atom. The maximum absolute atomic E-state index is 13.9. The lowest BCUT2D eigenvalue weighted by Gasteiger charge is -2.35. The van der Waals surface area contributed by atoms with Crippen molar-refractivity contribution < 1.29 is 32.2 Å². The van der Waals surface area contributed by atoms with E-state index in [1.165, 1.54) is 12.2 Å². The van der Waals surface area contributed by atoms with Crippen molar-refractivity contribution in [3.05, 3.63) is 72.7 Å². The molecular formula is C26H27F3N4O4. The van der Waals surface area contributed by atoms with Crippen LogP contribution in [-0.4, -0.2) is 47.1 Å². The van der Waals surface area contributed by atoms with Gasteiger partial charge in [-0.3, -0.25) is 0 Å². The summed E-state index contributed by atoms with van der Waals surface area (Å²) in [7, 11) is 0. The number of allylic oxidation sites excluding steroid dienone is 2. The third-order valence-corrected chi connectivity index (χ3v) is 5.52. The molecule has 8 nitrogen and oxygen atoms in total. The van der Waals surface area contributed by atoms with Gasteiger partial charge in [0.2, 0.25) is 0 Å². The molecule has 2 amide bonds. The maximum Gasteiger partial charge on any atom is 0.421 e. The molecule has 0 fully saturated rings. The number of urea groups is 1. The molecule has 1 unspecified atom stereocenters. The van der Waals surface area contributed by atoms with Gasteiger partial charge in [-0.15, -0.1) is 0 Å². The maximum atomic E-state index is 13.9. The van der Waals surface area contributed by atoms with Gasteiger partial charge in [-0.1, -0.05) is 6.08 Å². The number of anilines is 1. The topological polar surface area (TPSA) is 97.5 Å². The highest BCUT2D eigenvalue weighted by Crippen LogP contribution is 2.41. The van der Waals surface area contributed by atoms with Gasteiger partial charge in [0.1, 0.15) is 17.1 Å². The van der Waals surface area contributed by atoms with Crippen LogP contribution < -0.4 is 15.4 Å². The van der Waals surface area contributed by atoms with E-state index in [1.54, 1.807) is 56.6 Å². The molecule has 3 N–H and O–H groups in total. The zero-order valence-electron chi connectivity index (χ0n) is 20.3. The van der Waals surface area contributed by atoms with E-state index >= 15 is 0 Å². The van der Waals surface area contributed by atoms with Gasteiger partial charge >= 0.3 is 12.2 Å². The Morgan fingerprint density at radius 2 is 1.92 bits per heavy atom. The number of pyridine rings is 1. The Morgan fingerprint density at radius 3 is 2.65 bits per heavy atom. The minimum absolute atomic E-state index is 0.0211. The Balaban J connectivity index is 1.34. The number of ether oxygens (including phenoxy) is 3. The molecule has 2 aromatic heterocycles. The van der Waals surface area contributed by atoms with E-state index in [9.17, 15) is 18.0 Å². The first-order valence-electron chi connectivity index (χ1n) is 11.6. The predicted molar refractivity (Wildman–Crippen MR) is 132 cm³/mol. The summed E-state index contributed by atoms with van der Waals surface area (Å²) in [5.74, 6) is 1.15. The van der Waals surface area contributed by atoms with Crippen molar-refractivity contribution in [1.82, 2.24) is 15.3 Å². The van der Waals surface area contributed by atoms with Crippen molar-refractivity contribution in [2.75, 3.05) is 18.5 Å². The SMILES string of the molecule is CC(C)OCCOC1(C(F)(F)F)C=CC=C(NC(=O)Nc2ccc(Oc3ccnc4[nH]ccc34)cc2)C1. The summed E-state index contributed by atoms with van der Waals surface area (Å²) < 4.78 is 58.2. The van der Waals surface area contributed by atoms with E-state index in [0.717, 1.165) is 11.5 Å². The monoisotopic (exact) mass is 516 g/mol. The number of nitrogens with zero attached hydrogens (tertiary/aromatic N) is 1. The second kappa shape index (κ2) is 11.1. The van der Waals surface area contributed by atoms with Crippen molar-refractivity contribution in [2.24, 2.45) is 0 Å². The van der Waals surface area contributed by atoms with Crippen LogP contribution in [0.5, 0.6) is 11.5 Å². The Labute approximate surface area is 211 Å². The number of nitrogens with one attached hydrogen (secondary N) is 3. The highest BCUT2D eigenvalue weighted by molar-refractivity contribution is 5.90. The van der Waals surface area contributed by atoms with Crippen molar-refractivity contribution in [3.8, 4) is 11.5 Å². The van der Waals surface area contributed by atoms with Crippen LogP contribution in [0.25, 0.3) is 11.0 Å². The van der Waals surface area contributed by atoms with Gasteiger partial charge in [0.25, 0.3) is 0 Å². The largest absolute Gasteiger partial charge is 0.457 e. The molecule has 2 heterocycles. The third-order valence-electron chi connectivity index (χ3n) is 5.52. The van der Waals surface area contributed by atoms with Gasteiger partial charge in [-0.05, 0) is 62.4 Å². The van der Waals surface area contributed by atoms with Crippen LogP contribution in [0.1, 0.15) is 20.3 Å². The summed E-state index contributed by atoms with van der Waals surface area (Å²) in [5, 5.41) is 5.91. The van der Waals surface area contributed by atoms with E-state index in [2.05, 4.69) is 20.6 Å². The second-order valence-corrected chi connectivity index (χ2v) is 8.64. The molecule has 196 valence electrons. The third kappa shape index (κ3) is 6.49. The lowest BCUT2D eigenvalue weighted by Crippen LogP contribution is -2.49. The van der Waals surface area contributed by atoms with Crippen LogP contribution in [0.3, 0.4) is 0 Å². The number of aromatic nitrogens is 2. The van der Waals surface area contributed by atoms with Crippen molar-refractivity contribution in [1.29, 1.82) is 0 Å². The van der Waals surface area contributed by atoms with Gasteiger partial charge in [0.15, 0.2) is 5.60 Å². The summed E-state index contributed by atoms with van der Waals surface area (Å²) >= 11 is 0. The fraction of sp³-hybridized carbons (Fsp3) is 0.308. The van der Waals surface area contributed by atoms with Crippen LogP contribution in [0.15, 0.2) is 72.7 Å². The van der Waals surface area contributed by atoms with Crippen molar-refractivity contribution >= 4 is 22.8 Å². The quantitative estimate of drug-likeness (QED) is 0.300. The molecule has 0 bridgehead atoms. The standard InChI is InChI=1S/C26H27F3N4O4/c1-17(2)35-14-15-36-25(26(27,28)29)11-3-4-19(16-25)33-24(34)32-18-5-7-20(8-6-18)37-22-10-13-31-23-21(22)9-12-30-23/h3-13,17H,14-16H2,1-2H3,(H,30,31)(H2,32,33,34). The summed E-state index contributed by atoms with van der Waals surface area (Å²) in [4.78, 5) is 19.7. The summed E-state index contributed by atoms with van der Waals surface area (Å²) in [6.07, 6.45) is 1.59. The minimum atomic E-state index is -4.68. The van der Waals surface area contributed by atoms with Gasteiger partial charge in [0, 0.05) is 30.2 Å². The zero-order valence-corrected chi connectivity index (χ0v) is 20.3. The van der Waals surface area contributed by atoms with E-state index in [-0.39, 0.29) is 25.0 Å². The molecule has 0 saturated carbocycles. The number of carbonyl (C=O) groups excluding carboxylic acids is 1. The fourth-order valence-corrected chi connectivity index (χ4v) is 3.76. The normalized spacial score (nSPS) is 17.6. The first-order chi connectivity index (χ1) is 17.6. The van der Waals surface area contributed by atoms with Crippen molar-refractivity contribution in [2.45, 2.75) is 38.1 Å². The van der Waals surface area contributed by atoms with Crippen LogP contribution in [-0.2, 0) is 9.47 Å². The van der Waals surface area contributed by atoms with Gasteiger partial charge in [-0.25, -0.2) is 9.78 Å². The highest BCUT2D eigenvalue weighted by atomic mass is 19.4. The molecule has 11 heteroatoms. The molecule has 0 aliphatic heterocycles. The number of hydrogen-bond donors (Lipinski definition) is 3. The van der Waals surface area contributed by atoms with Crippen LogP contribution >= 0.6 is 0 Å². The number of rotatable bonds is 9. The average molecular weight is 517 g/mol. The fourth-order valence-electron chi connectivity index (χ4n) is 3.76. The number of H-pyrrole nitrogens is 1. The molecule has 0 spiro atoms. The Kier molecular flexibility index (Phi) is 7.84. The molecular weight excluding hydrogens is 489 g/mol. The number of amides is 2. The molecule has 37 heavy (non-hydrogen) atoms. The minimum Gasteiger partial charge on any atom is -0.457 e. The van der Waals surface area contributed by atoms with Gasteiger partial charge in [-0.2, -0.15) is 13.2 Å². The molecule has 1 aliphatic rings. The first-order valence-corrected chi connectivity index (χ1v) is 11.6. The number of fused-ring (bicyclic) bond motifs is 1. The number of carbonyl (C=O) groups is 1. The predicted octanol–water partition coefficient (Wildman–Crippen LogP) is 6.06. The lowest BCUT2D eigenvalue weighted by molar-refractivity contribution is -0.260. The smallest absolute Gasteiger partial charge is 0.421 e. The molecule has 1 aliphatic carbocycles. The molecule has 1 atom stereocenters. The average Bonchev–Trinajstić information content (AvgIpc) is 3.32. The van der Waals surface area contributed by atoms with E-state index in [4.69, 9.17) is 14.2 Å². The Hall–Kier alpha value is -3.83. The summed E-state index contributed by atoms with van der Waals surface area (Å²) in [5.41, 5.74) is -1.36. The van der Waals surface area contributed by atoms with Crippen LogP contribution in [0, 0.1) is 0 Å². The van der Waals surface area contributed by atoms with Crippen LogP contribution in [0.4, 0.5) is 23.7 Å². The first kappa shape index (κ1) is 26.2. The molecule has 1 aromatic carbocycles. The van der Waals surface area contributed by atoms with Gasteiger partial charge in [0.05, 0.1) is 24.7 Å². The van der Waals surface area contributed by atoms with Crippen molar-refractivity contribution in [3.63, 3.8) is 0 Å².